The highest BCUT2D eigenvalue weighted by Crippen LogP contribution is 2.31. The van der Waals surface area contributed by atoms with Gasteiger partial charge in [0.05, 0.1) is 61.4 Å². The van der Waals surface area contributed by atoms with Crippen molar-refractivity contribution in [1.29, 1.82) is 5.26 Å². The summed E-state index contributed by atoms with van der Waals surface area (Å²) in [4.78, 5) is 10.2. The number of ether oxygens (including phenoxy) is 3. The fraction of sp³-hybridized carbons (Fsp3) is 0.394. The van der Waals surface area contributed by atoms with E-state index >= 15 is 0 Å². The van der Waals surface area contributed by atoms with Crippen LogP contribution in [0.5, 0.6) is 5.75 Å². The van der Waals surface area contributed by atoms with Crippen LogP contribution in [0.2, 0.25) is 0 Å². The maximum atomic E-state index is 9.65. The van der Waals surface area contributed by atoms with Crippen molar-refractivity contribution in [3.63, 3.8) is 0 Å². The molecule has 2 atom stereocenters. The van der Waals surface area contributed by atoms with E-state index in [0.29, 0.717) is 43.0 Å². The smallest absolute Gasteiger partial charge is 0.137 e. The van der Waals surface area contributed by atoms with Gasteiger partial charge in [-0.2, -0.15) is 5.26 Å². The van der Waals surface area contributed by atoms with Crippen molar-refractivity contribution in [1.82, 2.24) is 4.98 Å². The Kier molecular flexibility index (Phi) is 8.54. The van der Waals surface area contributed by atoms with Crippen molar-refractivity contribution in [3.05, 3.63) is 81.9 Å². The number of allylic oxidation sites excluding steroid dienone is 1. The van der Waals surface area contributed by atoms with Crippen LogP contribution < -0.4 is 4.74 Å². The summed E-state index contributed by atoms with van der Waals surface area (Å²) in [6, 6.07) is 12.0. The Morgan fingerprint density at radius 3 is 2.64 bits per heavy atom. The summed E-state index contributed by atoms with van der Waals surface area (Å²) in [6.07, 6.45) is 9.01. The van der Waals surface area contributed by atoms with Gasteiger partial charge in [0.1, 0.15) is 11.8 Å². The standard InChI is InChI=1S/C33H35N3O3/c1-4-39-32-10-5-25(18-27(32)19-34)30-9-7-29-31(36-30)8-6-28(17-24-11-13-37-20-22(2)15-24)35-33(29)26-12-14-38-21-23(3)16-26/h5,7-10,15-16,18,22-23H,4,11-14,17,20-21H2,1-3H3/t22-,23-/m1/s1. The third kappa shape index (κ3) is 6.46. The van der Waals surface area contributed by atoms with Crippen molar-refractivity contribution < 1.29 is 14.2 Å². The SMILES string of the molecule is CCOc1ccc(-c2ccc3c(n2)C=C=C(CC2=C[C@@H](C)COCC2)N=C3C2=C[C@@H](C)COCC2)cc1C#N. The van der Waals surface area contributed by atoms with E-state index in [1.807, 2.05) is 37.3 Å². The lowest BCUT2D eigenvalue weighted by Gasteiger charge is -2.14. The molecule has 39 heavy (non-hydrogen) atoms. The number of rotatable bonds is 6. The number of nitrogens with zero attached hydrogens (tertiary/aromatic N) is 3. The normalized spacial score (nSPS) is 21.2. The van der Waals surface area contributed by atoms with Gasteiger partial charge in [0.2, 0.25) is 0 Å². The zero-order chi connectivity index (χ0) is 27.2. The van der Waals surface area contributed by atoms with Crippen LogP contribution in [0.4, 0.5) is 0 Å². The molecule has 0 fully saturated rings. The number of aromatic nitrogens is 1. The predicted octanol–water partition coefficient (Wildman–Crippen LogP) is 6.67. The molecule has 3 aliphatic rings. The Hall–Kier alpha value is -3.75. The lowest BCUT2D eigenvalue weighted by Crippen LogP contribution is -2.10. The Morgan fingerprint density at radius 2 is 1.85 bits per heavy atom. The Morgan fingerprint density at radius 1 is 1.05 bits per heavy atom. The van der Waals surface area contributed by atoms with Gasteiger partial charge in [-0.05, 0) is 67.5 Å². The third-order valence-electron chi connectivity index (χ3n) is 7.05. The number of benzene rings is 1. The average Bonchev–Trinajstić information content (AvgIpc) is 3.36. The molecule has 0 N–H and O–H groups in total. The van der Waals surface area contributed by atoms with Gasteiger partial charge in [0, 0.05) is 23.6 Å². The molecular formula is C33H35N3O3. The van der Waals surface area contributed by atoms with Gasteiger partial charge in [-0.25, -0.2) is 9.98 Å². The molecule has 5 rings (SSSR count). The summed E-state index contributed by atoms with van der Waals surface area (Å²) in [6.45, 7) is 9.67. The van der Waals surface area contributed by atoms with Gasteiger partial charge in [0.15, 0.2) is 0 Å². The van der Waals surface area contributed by atoms with Crippen LogP contribution in [-0.2, 0) is 9.47 Å². The van der Waals surface area contributed by atoms with Gasteiger partial charge < -0.3 is 14.2 Å². The minimum Gasteiger partial charge on any atom is -0.492 e. The van der Waals surface area contributed by atoms with Crippen molar-refractivity contribution in [3.8, 4) is 23.1 Å². The van der Waals surface area contributed by atoms with Crippen LogP contribution in [0, 0.1) is 23.2 Å². The largest absolute Gasteiger partial charge is 0.492 e. The van der Waals surface area contributed by atoms with Gasteiger partial charge in [0.25, 0.3) is 0 Å². The first-order valence-electron chi connectivity index (χ1n) is 13.8. The fourth-order valence-electron chi connectivity index (χ4n) is 5.21. The first kappa shape index (κ1) is 26.8. The molecule has 200 valence electrons. The highest BCUT2D eigenvalue weighted by Gasteiger charge is 2.21. The monoisotopic (exact) mass is 521 g/mol. The molecule has 3 aliphatic heterocycles. The summed E-state index contributed by atoms with van der Waals surface area (Å²) >= 11 is 0. The van der Waals surface area contributed by atoms with E-state index in [4.69, 9.17) is 24.2 Å². The Labute approximate surface area is 231 Å². The molecule has 0 radical (unpaired) electrons. The molecule has 1 aromatic carbocycles. The van der Waals surface area contributed by atoms with Crippen molar-refractivity contribution in [2.75, 3.05) is 33.0 Å². The van der Waals surface area contributed by atoms with E-state index in [1.54, 1.807) is 0 Å². The summed E-state index contributed by atoms with van der Waals surface area (Å²) in [5, 5.41) is 9.65. The minimum atomic E-state index is 0.306. The zero-order valence-electron chi connectivity index (χ0n) is 23.0. The topological polar surface area (TPSA) is 76.7 Å². The van der Waals surface area contributed by atoms with Gasteiger partial charge in [-0.15, -0.1) is 0 Å². The van der Waals surface area contributed by atoms with E-state index in [-0.39, 0.29) is 0 Å². The van der Waals surface area contributed by atoms with E-state index in [9.17, 15) is 5.26 Å². The van der Waals surface area contributed by atoms with Crippen LogP contribution in [0.3, 0.4) is 0 Å². The van der Waals surface area contributed by atoms with Crippen molar-refractivity contribution >= 4 is 11.8 Å². The number of nitriles is 1. The van der Waals surface area contributed by atoms with Crippen LogP contribution in [0.1, 0.15) is 56.9 Å². The average molecular weight is 522 g/mol. The third-order valence-corrected chi connectivity index (χ3v) is 7.05. The second-order valence-electron chi connectivity index (χ2n) is 10.4. The molecule has 0 spiro atoms. The highest BCUT2D eigenvalue weighted by atomic mass is 16.5. The van der Waals surface area contributed by atoms with Gasteiger partial charge in [-0.3, -0.25) is 0 Å². The van der Waals surface area contributed by atoms with Crippen molar-refractivity contribution in [2.24, 2.45) is 16.8 Å². The van der Waals surface area contributed by atoms with E-state index in [1.165, 1.54) is 11.1 Å². The molecule has 6 heteroatoms. The quantitative estimate of drug-likeness (QED) is 0.313. The van der Waals surface area contributed by atoms with Crippen molar-refractivity contribution in [2.45, 2.75) is 40.0 Å². The van der Waals surface area contributed by atoms with Crippen LogP contribution in [0.15, 0.2) is 70.1 Å². The van der Waals surface area contributed by atoms with Gasteiger partial charge >= 0.3 is 0 Å². The Balaban J connectivity index is 1.57. The van der Waals surface area contributed by atoms with Crippen LogP contribution in [0.25, 0.3) is 17.3 Å². The summed E-state index contributed by atoms with van der Waals surface area (Å²) in [5.41, 5.74) is 11.8. The summed E-state index contributed by atoms with van der Waals surface area (Å²) in [5.74, 6) is 1.28. The molecular weight excluding hydrogens is 486 g/mol. The molecule has 1 aromatic heterocycles. The summed E-state index contributed by atoms with van der Waals surface area (Å²) < 4.78 is 17.2. The first-order valence-corrected chi connectivity index (χ1v) is 13.8. The minimum absolute atomic E-state index is 0.306. The van der Waals surface area contributed by atoms with Gasteiger partial charge in [-0.1, -0.05) is 37.3 Å². The molecule has 0 unspecified atom stereocenters. The predicted molar refractivity (Wildman–Crippen MR) is 154 cm³/mol. The molecule has 0 saturated heterocycles. The molecule has 0 saturated carbocycles. The van der Waals surface area contributed by atoms with Crippen LogP contribution >= 0.6 is 0 Å². The molecule has 2 aromatic rings. The Bertz CT molecular complexity index is 1440. The number of hydrogen-bond donors (Lipinski definition) is 0. The fourth-order valence-corrected chi connectivity index (χ4v) is 5.21. The molecule has 6 nitrogen and oxygen atoms in total. The molecule has 0 amide bonds. The first-order chi connectivity index (χ1) is 19.0. The second-order valence-corrected chi connectivity index (χ2v) is 10.4. The maximum absolute atomic E-state index is 9.65. The number of pyridine rings is 1. The molecule has 0 bridgehead atoms. The zero-order valence-corrected chi connectivity index (χ0v) is 23.0. The van der Waals surface area contributed by atoms with Crippen LogP contribution in [-0.4, -0.2) is 43.7 Å². The van der Waals surface area contributed by atoms with E-state index in [0.717, 1.165) is 66.4 Å². The van der Waals surface area contributed by atoms with E-state index < -0.39 is 0 Å². The lowest BCUT2D eigenvalue weighted by molar-refractivity contribution is 0.126. The number of hydrogen-bond acceptors (Lipinski definition) is 6. The molecule has 0 aliphatic carbocycles. The molecule has 4 heterocycles. The maximum Gasteiger partial charge on any atom is 0.137 e. The second kappa shape index (κ2) is 12.4. The summed E-state index contributed by atoms with van der Waals surface area (Å²) in [7, 11) is 0. The number of fused-ring (bicyclic) bond motifs is 1. The lowest BCUT2D eigenvalue weighted by atomic mass is 9.95. The number of aliphatic imine (C=N–C) groups is 1. The van der Waals surface area contributed by atoms with E-state index in [2.05, 4.69) is 43.9 Å². The highest BCUT2D eigenvalue weighted by molar-refractivity contribution is 6.15.